The largest absolute Gasteiger partial charge is 0.416 e. The topological polar surface area (TPSA) is 55.1 Å². The van der Waals surface area contributed by atoms with E-state index < -0.39 is 18.4 Å². The number of carbonyl (C=O) groups excluding carboxylic acids is 1. The van der Waals surface area contributed by atoms with Crippen molar-refractivity contribution in [2.24, 2.45) is 7.05 Å². The molecule has 0 aliphatic carbocycles. The molecule has 3 heterocycles. The molecule has 1 unspecified atom stereocenters. The first-order valence-corrected chi connectivity index (χ1v) is 11.5. The summed E-state index contributed by atoms with van der Waals surface area (Å²) in [4.78, 5) is 15.0. The lowest BCUT2D eigenvalue weighted by molar-refractivity contribution is -0.137. The van der Waals surface area contributed by atoms with Crippen LogP contribution >= 0.6 is 0 Å². The van der Waals surface area contributed by atoms with Crippen LogP contribution in [0.2, 0.25) is 0 Å². The van der Waals surface area contributed by atoms with Crippen molar-refractivity contribution in [2.45, 2.75) is 25.1 Å². The maximum absolute atomic E-state index is 13.0. The number of rotatable bonds is 5. The summed E-state index contributed by atoms with van der Waals surface area (Å²) in [7, 11) is 1.77. The molecule has 2 aromatic heterocycles. The van der Waals surface area contributed by atoms with Crippen LogP contribution in [-0.2, 0) is 13.2 Å². The number of hydrogen-bond donors (Lipinski definition) is 1. The summed E-state index contributed by atoms with van der Waals surface area (Å²) in [5, 5.41) is 9.15. The predicted octanol–water partition coefficient (Wildman–Crippen LogP) is 4.70. The minimum Gasteiger partial charge on any atom is -0.348 e. The van der Waals surface area contributed by atoms with Crippen LogP contribution in [0, 0.1) is 0 Å². The van der Waals surface area contributed by atoms with Crippen LogP contribution < -0.4 is 5.32 Å². The van der Waals surface area contributed by atoms with E-state index in [-0.39, 0.29) is 11.9 Å². The number of hydrogen-bond acceptors (Lipinski definition) is 3. The number of aromatic nitrogens is 3. The van der Waals surface area contributed by atoms with Gasteiger partial charge in [0.25, 0.3) is 5.91 Å². The summed E-state index contributed by atoms with van der Waals surface area (Å²) in [6.45, 7) is 1.41. The standard InChI is InChI=1S/C25H25F4N5O/c1-32-15-21-20-13-16(24(35)30-18-3-2-11-33(14-18)12-10-26)4-9-22(20)34(23(21)31-32)19-7-5-17(6-8-19)25(27,28)29/h4-9,13,15,18H,2-3,10-12,14H2,1H3,(H,30,35). The lowest BCUT2D eigenvalue weighted by Gasteiger charge is -2.32. The van der Waals surface area contributed by atoms with Crippen LogP contribution in [-0.4, -0.2) is 57.5 Å². The highest BCUT2D eigenvalue weighted by atomic mass is 19.4. The number of likely N-dealkylation sites (tertiary alicyclic amines) is 1. The molecular formula is C25H25F4N5O. The molecule has 1 N–H and O–H groups in total. The molecule has 35 heavy (non-hydrogen) atoms. The van der Waals surface area contributed by atoms with E-state index in [1.165, 1.54) is 12.1 Å². The van der Waals surface area contributed by atoms with Crippen molar-refractivity contribution >= 4 is 27.8 Å². The van der Waals surface area contributed by atoms with Crippen molar-refractivity contribution in [3.05, 3.63) is 59.8 Å². The summed E-state index contributed by atoms with van der Waals surface area (Å²) in [6.07, 6.45) is -0.846. The number of nitrogens with one attached hydrogen (secondary N) is 1. The van der Waals surface area contributed by atoms with Gasteiger partial charge >= 0.3 is 6.18 Å². The Bertz CT molecular complexity index is 1370. The van der Waals surface area contributed by atoms with Crippen molar-refractivity contribution in [3.63, 3.8) is 0 Å². The van der Waals surface area contributed by atoms with E-state index >= 15 is 0 Å². The van der Waals surface area contributed by atoms with Gasteiger partial charge in [-0.25, -0.2) is 4.39 Å². The molecule has 2 aromatic carbocycles. The van der Waals surface area contributed by atoms with Gasteiger partial charge in [-0.15, -0.1) is 0 Å². The number of halogens is 4. The lowest BCUT2D eigenvalue weighted by Crippen LogP contribution is -2.48. The van der Waals surface area contributed by atoms with E-state index in [0.717, 1.165) is 47.8 Å². The number of alkyl halides is 4. The van der Waals surface area contributed by atoms with Crippen LogP contribution in [0.3, 0.4) is 0 Å². The average molecular weight is 488 g/mol. The first-order chi connectivity index (χ1) is 16.7. The van der Waals surface area contributed by atoms with E-state index in [1.54, 1.807) is 34.5 Å². The van der Waals surface area contributed by atoms with Crippen molar-refractivity contribution in [3.8, 4) is 5.69 Å². The van der Waals surface area contributed by atoms with E-state index in [9.17, 15) is 22.4 Å². The Morgan fingerprint density at radius 3 is 2.63 bits per heavy atom. The van der Waals surface area contributed by atoms with Crippen LogP contribution in [0.5, 0.6) is 0 Å². The number of piperidine rings is 1. The van der Waals surface area contributed by atoms with Gasteiger partial charge in [-0.1, -0.05) is 0 Å². The number of benzene rings is 2. The molecule has 1 amide bonds. The Morgan fingerprint density at radius 2 is 1.91 bits per heavy atom. The second-order valence-corrected chi connectivity index (χ2v) is 8.95. The quantitative estimate of drug-likeness (QED) is 0.416. The molecule has 1 aliphatic rings. The third-order valence-electron chi connectivity index (χ3n) is 6.51. The van der Waals surface area contributed by atoms with Gasteiger partial charge in [-0.3, -0.25) is 18.9 Å². The molecule has 1 atom stereocenters. The summed E-state index contributed by atoms with van der Waals surface area (Å²) in [5.74, 6) is -0.210. The fraction of sp³-hybridized carbons (Fsp3) is 0.360. The van der Waals surface area contributed by atoms with Gasteiger partial charge in [0.15, 0.2) is 5.65 Å². The zero-order valence-electron chi connectivity index (χ0n) is 19.1. The first-order valence-electron chi connectivity index (χ1n) is 11.5. The molecular weight excluding hydrogens is 462 g/mol. The second kappa shape index (κ2) is 8.99. The Kier molecular flexibility index (Phi) is 6.00. The number of nitrogens with zero attached hydrogens (tertiary/aromatic N) is 4. The monoisotopic (exact) mass is 487 g/mol. The van der Waals surface area contributed by atoms with Gasteiger partial charge in [0.2, 0.25) is 0 Å². The molecule has 5 rings (SSSR count). The summed E-state index contributed by atoms with van der Waals surface area (Å²) in [6, 6.07) is 10.2. The number of amides is 1. The van der Waals surface area contributed by atoms with E-state index in [0.29, 0.717) is 30.0 Å². The Hall–Kier alpha value is -3.40. The molecule has 1 fully saturated rings. The highest BCUT2D eigenvalue weighted by Crippen LogP contribution is 2.34. The SMILES string of the molecule is Cn1cc2c3cc(C(=O)NC4CCCN(CCF)C4)ccc3n(-c3ccc(C(F)(F)F)cc3)c2n1. The van der Waals surface area contributed by atoms with Crippen LogP contribution in [0.25, 0.3) is 27.6 Å². The average Bonchev–Trinajstić information content (AvgIpc) is 3.33. The first kappa shape index (κ1) is 23.3. The fourth-order valence-electron chi connectivity index (χ4n) is 4.86. The summed E-state index contributed by atoms with van der Waals surface area (Å²) >= 11 is 0. The highest BCUT2D eigenvalue weighted by Gasteiger charge is 2.30. The second-order valence-electron chi connectivity index (χ2n) is 8.95. The number of aryl methyl sites for hydroxylation is 1. The third-order valence-corrected chi connectivity index (χ3v) is 6.51. The van der Waals surface area contributed by atoms with E-state index in [1.807, 2.05) is 11.1 Å². The molecule has 0 bridgehead atoms. The van der Waals surface area contributed by atoms with Crippen molar-refractivity contribution < 1.29 is 22.4 Å². The van der Waals surface area contributed by atoms with Crippen LogP contribution in [0.1, 0.15) is 28.8 Å². The van der Waals surface area contributed by atoms with Gasteiger partial charge in [-0.2, -0.15) is 18.3 Å². The van der Waals surface area contributed by atoms with Crippen molar-refractivity contribution in [2.75, 3.05) is 26.3 Å². The smallest absolute Gasteiger partial charge is 0.348 e. The predicted molar refractivity (Wildman–Crippen MR) is 125 cm³/mol. The maximum Gasteiger partial charge on any atom is 0.416 e. The summed E-state index contributed by atoms with van der Waals surface area (Å²) in [5.41, 5.74) is 1.64. The minimum atomic E-state index is -4.42. The number of fused-ring (bicyclic) bond motifs is 3. The van der Waals surface area contributed by atoms with E-state index in [2.05, 4.69) is 10.4 Å². The molecule has 6 nitrogen and oxygen atoms in total. The molecule has 10 heteroatoms. The molecule has 184 valence electrons. The van der Waals surface area contributed by atoms with E-state index in [4.69, 9.17) is 0 Å². The maximum atomic E-state index is 13.0. The van der Waals surface area contributed by atoms with Crippen LogP contribution in [0.15, 0.2) is 48.7 Å². The van der Waals surface area contributed by atoms with Crippen LogP contribution in [0.4, 0.5) is 17.6 Å². The minimum absolute atomic E-state index is 0.0475. The Labute approximate surface area is 199 Å². The van der Waals surface area contributed by atoms with Gasteiger partial charge in [0, 0.05) is 54.4 Å². The van der Waals surface area contributed by atoms with Gasteiger partial charge < -0.3 is 5.32 Å². The molecule has 1 saturated heterocycles. The lowest BCUT2D eigenvalue weighted by atomic mass is 10.0. The Balaban J connectivity index is 1.49. The zero-order valence-corrected chi connectivity index (χ0v) is 19.1. The van der Waals surface area contributed by atoms with Crippen molar-refractivity contribution in [1.29, 1.82) is 0 Å². The molecule has 4 aromatic rings. The third kappa shape index (κ3) is 4.50. The molecule has 0 spiro atoms. The van der Waals surface area contributed by atoms with Gasteiger partial charge in [0.1, 0.15) is 6.67 Å². The molecule has 0 radical (unpaired) electrons. The fourth-order valence-corrected chi connectivity index (χ4v) is 4.86. The molecule has 1 aliphatic heterocycles. The van der Waals surface area contributed by atoms with Gasteiger partial charge in [-0.05, 0) is 61.9 Å². The highest BCUT2D eigenvalue weighted by molar-refractivity contribution is 6.10. The Morgan fingerprint density at radius 1 is 1.14 bits per heavy atom. The van der Waals surface area contributed by atoms with Gasteiger partial charge in [0.05, 0.1) is 11.1 Å². The normalized spacial score (nSPS) is 17.3. The van der Waals surface area contributed by atoms with Crippen molar-refractivity contribution in [1.82, 2.24) is 24.6 Å². The summed E-state index contributed by atoms with van der Waals surface area (Å²) < 4.78 is 55.3. The zero-order chi connectivity index (χ0) is 24.7. The molecule has 0 saturated carbocycles. The number of carbonyl (C=O) groups is 1.